The molecule has 1 aliphatic carbocycles. The summed E-state index contributed by atoms with van der Waals surface area (Å²) in [5.74, 6) is 0.746. The lowest BCUT2D eigenvalue weighted by Crippen LogP contribution is -2.32. The van der Waals surface area contributed by atoms with E-state index in [1.165, 1.54) is 38.8 Å². The molecule has 1 saturated heterocycles. The molecule has 0 spiro atoms. The minimum Gasteiger partial charge on any atom is -0.396 e. The van der Waals surface area contributed by atoms with Crippen LogP contribution in [0.5, 0.6) is 0 Å². The van der Waals surface area contributed by atoms with E-state index >= 15 is 0 Å². The molecule has 0 aromatic heterocycles. The number of hydrogen-bond donors (Lipinski definition) is 1. The summed E-state index contributed by atoms with van der Waals surface area (Å²) in [4.78, 5) is 2.59. The molecule has 0 amide bonds. The van der Waals surface area contributed by atoms with E-state index in [1.54, 1.807) is 0 Å². The summed E-state index contributed by atoms with van der Waals surface area (Å²) in [5, 5.41) is 8.89. The monoisotopic (exact) mass is 195 g/mol. The summed E-state index contributed by atoms with van der Waals surface area (Å²) >= 11 is 0. The van der Waals surface area contributed by atoms with Crippen LogP contribution in [0.4, 0.5) is 0 Å². The number of likely N-dealkylation sites (tertiary alicyclic amines) is 1. The highest BCUT2D eigenvalue weighted by Crippen LogP contribution is 2.25. The van der Waals surface area contributed by atoms with Crippen LogP contribution in [0.3, 0.4) is 0 Å². The van der Waals surface area contributed by atoms with Gasteiger partial charge in [0.1, 0.15) is 0 Å². The molecule has 1 fully saturated rings. The smallest absolute Gasteiger partial charge is 0.0434 e. The molecule has 0 aromatic carbocycles. The first-order valence-corrected chi connectivity index (χ1v) is 5.91. The Balaban J connectivity index is 1.82. The van der Waals surface area contributed by atoms with Gasteiger partial charge in [0.2, 0.25) is 0 Å². The SMILES string of the molecule is OCCC1CCN(C2C=CCCC2)C1. The van der Waals surface area contributed by atoms with Gasteiger partial charge in [-0.2, -0.15) is 0 Å². The van der Waals surface area contributed by atoms with Crippen LogP contribution in [0.25, 0.3) is 0 Å². The van der Waals surface area contributed by atoms with E-state index < -0.39 is 0 Å². The maximum Gasteiger partial charge on any atom is 0.0434 e. The molecule has 0 bridgehead atoms. The Morgan fingerprint density at radius 2 is 2.29 bits per heavy atom. The lowest BCUT2D eigenvalue weighted by Gasteiger charge is -2.27. The lowest BCUT2D eigenvalue weighted by molar-refractivity contribution is 0.230. The van der Waals surface area contributed by atoms with Crippen molar-refractivity contribution in [2.24, 2.45) is 5.92 Å². The Hall–Kier alpha value is -0.340. The van der Waals surface area contributed by atoms with Crippen molar-refractivity contribution in [3.63, 3.8) is 0 Å². The fraction of sp³-hybridized carbons (Fsp3) is 0.833. The Morgan fingerprint density at radius 3 is 3.00 bits per heavy atom. The molecule has 2 aliphatic rings. The molecule has 1 N–H and O–H groups in total. The molecule has 2 rings (SSSR count). The first-order chi connectivity index (χ1) is 6.90. The third-order valence-corrected chi connectivity index (χ3v) is 3.55. The maximum absolute atomic E-state index is 8.89. The minimum atomic E-state index is 0.360. The predicted molar refractivity (Wildman–Crippen MR) is 58.2 cm³/mol. The van der Waals surface area contributed by atoms with Crippen molar-refractivity contribution in [3.05, 3.63) is 12.2 Å². The van der Waals surface area contributed by atoms with Crippen molar-refractivity contribution in [1.29, 1.82) is 0 Å². The van der Waals surface area contributed by atoms with Gasteiger partial charge in [-0.05, 0) is 44.6 Å². The van der Waals surface area contributed by atoms with Crippen LogP contribution in [0.15, 0.2) is 12.2 Å². The summed E-state index contributed by atoms with van der Waals surface area (Å²) in [6.07, 6.45) is 10.9. The number of hydrogen-bond acceptors (Lipinski definition) is 2. The lowest BCUT2D eigenvalue weighted by atomic mass is 10.0. The van der Waals surface area contributed by atoms with E-state index in [4.69, 9.17) is 5.11 Å². The van der Waals surface area contributed by atoms with E-state index in [0.717, 1.165) is 12.3 Å². The van der Waals surface area contributed by atoms with Gasteiger partial charge >= 0.3 is 0 Å². The van der Waals surface area contributed by atoms with Gasteiger partial charge in [0.25, 0.3) is 0 Å². The molecule has 2 atom stereocenters. The summed E-state index contributed by atoms with van der Waals surface area (Å²) < 4.78 is 0. The Labute approximate surface area is 86.6 Å². The second-order valence-electron chi connectivity index (χ2n) is 4.59. The fourth-order valence-electron chi connectivity index (χ4n) is 2.68. The first kappa shape index (κ1) is 10.2. The molecule has 2 heteroatoms. The third-order valence-electron chi connectivity index (χ3n) is 3.55. The molecular weight excluding hydrogens is 174 g/mol. The number of aliphatic hydroxyl groups excluding tert-OH is 1. The zero-order valence-corrected chi connectivity index (χ0v) is 8.86. The van der Waals surface area contributed by atoms with E-state index in [0.29, 0.717) is 12.6 Å². The van der Waals surface area contributed by atoms with Gasteiger partial charge in [0.05, 0.1) is 0 Å². The fourth-order valence-corrected chi connectivity index (χ4v) is 2.68. The van der Waals surface area contributed by atoms with Crippen LogP contribution in [0.2, 0.25) is 0 Å². The second-order valence-corrected chi connectivity index (χ2v) is 4.59. The molecule has 2 unspecified atom stereocenters. The van der Waals surface area contributed by atoms with Gasteiger partial charge in [0, 0.05) is 19.2 Å². The highest BCUT2D eigenvalue weighted by Gasteiger charge is 2.26. The minimum absolute atomic E-state index is 0.360. The number of rotatable bonds is 3. The second kappa shape index (κ2) is 4.94. The van der Waals surface area contributed by atoms with E-state index in [2.05, 4.69) is 17.1 Å². The van der Waals surface area contributed by atoms with Gasteiger partial charge < -0.3 is 5.11 Å². The van der Waals surface area contributed by atoms with Crippen LogP contribution in [0.1, 0.15) is 32.1 Å². The van der Waals surface area contributed by atoms with Crippen LogP contribution in [-0.4, -0.2) is 35.7 Å². The maximum atomic E-state index is 8.89. The van der Waals surface area contributed by atoms with E-state index in [9.17, 15) is 0 Å². The standard InChI is InChI=1S/C12H21NO/c14-9-7-11-6-8-13(10-11)12-4-2-1-3-5-12/h2,4,11-12,14H,1,3,5-10H2. The number of nitrogens with zero attached hydrogens (tertiary/aromatic N) is 1. The zero-order valence-electron chi connectivity index (χ0n) is 8.86. The van der Waals surface area contributed by atoms with Crippen LogP contribution in [-0.2, 0) is 0 Å². The highest BCUT2D eigenvalue weighted by atomic mass is 16.3. The van der Waals surface area contributed by atoms with Crippen molar-refractivity contribution in [1.82, 2.24) is 4.90 Å². The third kappa shape index (κ3) is 2.37. The summed E-state index contributed by atoms with van der Waals surface area (Å²) in [5.41, 5.74) is 0. The van der Waals surface area contributed by atoms with Gasteiger partial charge in [-0.1, -0.05) is 12.2 Å². The molecule has 2 nitrogen and oxygen atoms in total. The summed E-state index contributed by atoms with van der Waals surface area (Å²) in [6.45, 7) is 2.80. The molecule has 0 radical (unpaired) electrons. The molecule has 14 heavy (non-hydrogen) atoms. The summed E-state index contributed by atoms with van der Waals surface area (Å²) in [6, 6.07) is 0.701. The first-order valence-electron chi connectivity index (χ1n) is 5.91. The Kier molecular flexibility index (Phi) is 3.60. The van der Waals surface area contributed by atoms with Crippen molar-refractivity contribution < 1.29 is 5.11 Å². The molecule has 80 valence electrons. The van der Waals surface area contributed by atoms with Gasteiger partial charge in [-0.25, -0.2) is 0 Å². The zero-order chi connectivity index (χ0) is 9.80. The largest absolute Gasteiger partial charge is 0.396 e. The Bertz CT molecular complexity index is 202. The average molecular weight is 195 g/mol. The van der Waals surface area contributed by atoms with Crippen molar-refractivity contribution in [3.8, 4) is 0 Å². The number of allylic oxidation sites excluding steroid dienone is 1. The normalized spacial score (nSPS) is 33.8. The number of aliphatic hydroxyl groups is 1. The van der Waals surface area contributed by atoms with Crippen LogP contribution >= 0.6 is 0 Å². The average Bonchev–Trinajstić information content (AvgIpc) is 2.68. The molecular formula is C12H21NO. The van der Waals surface area contributed by atoms with Crippen molar-refractivity contribution in [2.45, 2.75) is 38.1 Å². The quantitative estimate of drug-likeness (QED) is 0.694. The topological polar surface area (TPSA) is 23.5 Å². The molecule has 1 heterocycles. The molecule has 0 saturated carbocycles. The molecule has 1 aliphatic heterocycles. The van der Waals surface area contributed by atoms with Crippen molar-refractivity contribution in [2.75, 3.05) is 19.7 Å². The highest BCUT2D eigenvalue weighted by molar-refractivity contribution is 5.00. The van der Waals surface area contributed by atoms with Gasteiger partial charge in [0.15, 0.2) is 0 Å². The van der Waals surface area contributed by atoms with Gasteiger partial charge in [-0.3, -0.25) is 4.90 Å². The predicted octanol–water partition coefficient (Wildman–Crippen LogP) is 1.80. The van der Waals surface area contributed by atoms with Crippen LogP contribution in [0, 0.1) is 5.92 Å². The Morgan fingerprint density at radius 1 is 1.36 bits per heavy atom. The van der Waals surface area contributed by atoms with E-state index in [1.807, 2.05) is 0 Å². The van der Waals surface area contributed by atoms with Crippen LogP contribution < -0.4 is 0 Å². The van der Waals surface area contributed by atoms with E-state index in [-0.39, 0.29) is 0 Å². The summed E-state index contributed by atoms with van der Waals surface area (Å²) in [7, 11) is 0. The van der Waals surface area contributed by atoms with Crippen molar-refractivity contribution >= 4 is 0 Å². The van der Waals surface area contributed by atoms with Gasteiger partial charge in [-0.15, -0.1) is 0 Å². The molecule has 0 aromatic rings.